The molecule has 1 aromatic rings. The molecule has 0 amide bonds. The van der Waals surface area contributed by atoms with Crippen molar-refractivity contribution < 1.29 is 0 Å². The highest BCUT2D eigenvalue weighted by Crippen LogP contribution is 2.49. The summed E-state index contributed by atoms with van der Waals surface area (Å²) in [7, 11) is 0. The van der Waals surface area contributed by atoms with Crippen LogP contribution in [0.3, 0.4) is 0 Å². The lowest BCUT2D eigenvalue weighted by atomic mass is 9.79. The summed E-state index contributed by atoms with van der Waals surface area (Å²) >= 11 is 0. The number of aryl methyl sites for hydroxylation is 2. The molecule has 0 fully saturated rings. The molecule has 2 rings (SSSR count). The van der Waals surface area contributed by atoms with Crippen LogP contribution in [0.25, 0.3) is 0 Å². The van der Waals surface area contributed by atoms with Gasteiger partial charge in [-0.1, -0.05) is 32.9 Å². The number of anilines is 1. The zero-order valence-electron chi connectivity index (χ0n) is 13.1. The number of rotatable bonds is 4. The summed E-state index contributed by atoms with van der Waals surface area (Å²) in [4.78, 5) is 2.45. The van der Waals surface area contributed by atoms with E-state index in [0.29, 0.717) is 0 Å². The lowest BCUT2D eigenvalue weighted by molar-refractivity contribution is 0.545. The minimum absolute atomic E-state index is 0.113. The van der Waals surface area contributed by atoms with Gasteiger partial charge in [-0.2, -0.15) is 0 Å². The smallest absolute Gasteiger partial charge is 0.0453 e. The second kappa shape index (κ2) is 5.03. The number of unbranched alkanes of at least 4 members (excludes halogenated alkanes) is 1. The van der Waals surface area contributed by atoms with Crippen molar-refractivity contribution in [2.24, 2.45) is 0 Å². The first-order chi connectivity index (χ1) is 8.95. The molecule has 0 radical (unpaired) electrons. The minimum Gasteiger partial charge on any atom is -0.345 e. The molecule has 19 heavy (non-hydrogen) atoms. The van der Waals surface area contributed by atoms with E-state index in [4.69, 9.17) is 0 Å². The van der Waals surface area contributed by atoms with Crippen molar-refractivity contribution in [3.05, 3.63) is 41.1 Å². The Morgan fingerprint density at radius 1 is 1.16 bits per heavy atom. The molecule has 1 atom stereocenters. The summed E-state index contributed by atoms with van der Waals surface area (Å²) in [5, 5.41) is 0. The van der Waals surface area contributed by atoms with E-state index in [2.05, 4.69) is 58.2 Å². The molecule has 0 N–H and O–H groups in total. The lowest BCUT2D eigenvalue weighted by Crippen LogP contribution is -2.27. The maximum Gasteiger partial charge on any atom is 0.0453 e. The largest absolute Gasteiger partial charge is 0.345 e. The zero-order valence-corrected chi connectivity index (χ0v) is 13.1. The first-order valence-electron chi connectivity index (χ1n) is 7.54. The zero-order chi connectivity index (χ0) is 14.2. The average Bonchev–Trinajstić information content (AvgIpc) is 2.59. The van der Waals surface area contributed by atoms with E-state index in [9.17, 15) is 0 Å². The summed E-state index contributed by atoms with van der Waals surface area (Å²) < 4.78 is 0. The normalized spacial score (nSPS) is 21.9. The molecule has 1 nitrogen and oxygen atoms in total. The summed E-state index contributed by atoms with van der Waals surface area (Å²) in [6, 6.07) is 4.73. The molecule has 1 heterocycles. The van der Waals surface area contributed by atoms with Crippen LogP contribution in [-0.2, 0) is 5.41 Å². The van der Waals surface area contributed by atoms with Crippen molar-refractivity contribution in [2.45, 2.75) is 59.3 Å². The third kappa shape index (κ3) is 2.09. The van der Waals surface area contributed by atoms with Crippen molar-refractivity contribution >= 4 is 5.69 Å². The highest BCUT2D eigenvalue weighted by molar-refractivity contribution is 5.71. The van der Waals surface area contributed by atoms with Gasteiger partial charge in [0.25, 0.3) is 0 Å². The maximum atomic E-state index is 4.41. The molecule has 104 valence electrons. The van der Waals surface area contributed by atoms with E-state index >= 15 is 0 Å². The van der Waals surface area contributed by atoms with Gasteiger partial charge in [-0.05, 0) is 56.4 Å². The molecule has 0 spiro atoms. The van der Waals surface area contributed by atoms with Crippen LogP contribution in [0.4, 0.5) is 5.69 Å². The van der Waals surface area contributed by atoms with Crippen molar-refractivity contribution in [3.63, 3.8) is 0 Å². The summed E-state index contributed by atoms with van der Waals surface area (Å²) in [6.45, 7) is 16.8. The van der Waals surface area contributed by atoms with Crippen LogP contribution in [0.2, 0.25) is 0 Å². The minimum atomic E-state index is 0.113. The van der Waals surface area contributed by atoms with Gasteiger partial charge in [0, 0.05) is 23.3 Å². The Kier molecular flexibility index (Phi) is 3.75. The van der Waals surface area contributed by atoms with Gasteiger partial charge in [-0.3, -0.25) is 0 Å². The molecule has 1 unspecified atom stereocenters. The van der Waals surface area contributed by atoms with Crippen LogP contribution >= 0.6 is 0 Å². The second-order valence-corrected chi connectivity index (χ2v) is 6.09. The predicted octanol–water partition coefficient (Wildman–Crippen LogP) is 5.10. The molecule has 0 saturated heterocycles. The van der Waals surface area contributed by atoms with Crippen LogP contribution in [0.1, 0.15) is 56.7 Å². The Hall–Kier alpha value is -1.24. The van der Waals surface area contributed by atoms with Gasteiger partial charge >= 0.3 is 0 Å². The SMILES string of the molecule is C=C1N(CCCC)c2cc(C)c(C)cc2C1(C)CC. The van der Waals surface area contributed by atoms with Crippen LogP contribution in [0, 0.1) is 13.8 Å². The van der Waals surface area contributed by atoms with Gasteiger partial charge in [-0.25, -0.2) is 0 Å². The monoisotopic (exact) mass is 257 g/mol. The van der Waals surface area contributed by atoms with Gasteiger partial charge in [0.05, 0.1) is 0 Å². The number of benzene rings is 1. The van der Waals surface area contributed by atoms with Gasteiger partial charge in [0.1, 0.15) is 0 Å². The fourth-order valence-corrected chi connectivity index (χ4v) is 3.03. The van der Waals surface area contributed by atoms with Crippen molar-refractivity contribution in [1.82, 2.24) is 0 Å². The third-order valence-electron chi connectivity index (χ3n) is 4.90. The van der Waals surface area contributed by atoms with E-state index < -0.39 is 0 Å². The van der Waals surface area contributed by atoms with Crippen LogP contribution < -0.4 is 4.90 Å². The number of nitrogens with zero attached hydrogens (tertiary/aromatic N) is 1. The van der Waals surface area contributed by atoms with Crippen molar-refractivity contribution in [1.29, 1.82) is 0 Å². The van der Waals surface area contributed by atoms with E-state index in [1.807, 2.05) is 0 Å². The topological polar surface area (TPSA) is 3.24 Å². The molecule has 1 aliphatic heterocycles. The lowest BCUT2D eigenvalue weighted by Gasteiger charge is -2.28. The fraction of sp³-hybridized carbons (Fsp3) is 0.556. The van der Waals surface area contributed by atoms with Crippen molar-refractivity contribution in [2.75, 3.05) is 11.4 Å². The van der Waals surface area contributed by atoms with E-state index in [1.54, 1.807) is 0 Å². The van der Waals surface area contributed by atoms with Gasteiger partial charge in [0.2, 0.25) is 0 Å². The fourth-order valence-electron chi connectivity index (χ4n) is 3.03. The van der Waals surface area contributed by atoms with Gasteiger partial charge < -0.3 is 4.90 Å². The maximum absolute atomic E-state index is 4.41. The molecule has 0 bridgehead atoms. The quantitative estimate of drug-likeness (QED) is 0.725. The molecule has 0 aromatic heterocycles. The van der Waals surface area contributed by atoms with Crippen LogP contribution in [0.5, 0.6) is 0 Å². The number of hydrogen-bond donors (Lipinski definition) is 0. The standard InChI is InChI=1S/C18H27N/c1-7-9-10-19-15(5)18(6,8-2)16-11-13(3)14(4)12-17(16)19/h11-12H,5,7-10H2,1-4,6H3. The summed E-state index contributed by atoms with van der Waals surface area (Å²) in [6.07, 6.45) is 3.57. The molecule has 1 aliphatic rings. The third-order valence-corrected chi connectivity index (χ3v) is 4.90. The average molecular weight is 257 g/mol. The molecule has 1 heteroatoms. The summed E-state index contributed by atoms with van der Waals surface area (Å²) in [5.41, 5.74) is 7.03. The van der Waals surface area contributed by atoms with E-state index in [1.165, 1.54) is 40.9 Å². The van der Waals surface area contributed by atoms with E-state index in [-0.39, 0.29) is 5.41 Å². The van der Waals surface area contributed by atoms with Gasteiger partial charge in [-0.15, -0.1) is 0 Å². The molecule has 0 saturated carbocycles. The Morgan fingerprint density at radius 3 is 2.37 bits per heavy atom. The predicted molar refractivity (Wildman–Crippen MR) is 85.0 cm³/mol. The first kappa shape index (κ1) is 14.2. The second-order valence-electron chi connectivity index (χ2n) is 6.09. The molecule has 1 aromatic carbocycles. The van der Waals surface area contributed by atoms with E-state index in [0.717, 1.165) is 13.0 Å². The summed E-state index contributed by atoms with van der Waals surface area (Å²) in [5.74, 6) is 0. The Labute approximate surface area is 118 Å². The van der Waals surface area contributed by atoms with Crippen LogP contribution in [0.15, 0.2) is 24.4 Å². The first-order valence-corrected chi connectivity index (χ1v) is 7.54. The Bertz CT molecular complexity index is 501. The molecular formula is C18H27N. The highest BCUT2D eigenvalue weighted by atomic mass is 15.2. The number of fused-ring (bicyclic) bond motifs is 1. The molecule has 0 aliphatic carbocycles. The Balaban J connectivity index is 2.54. The highest BCUT2D eigenvalue weighted by Gasteiger charge is 2.41. The van der Waals surface area contributed by atoms with Crippen molar-refractivity contribution in [3.8, 4) is 0 Å². The number of hydrogen-bond acceptors (Lipinski definition) is 1. The Morgan fingerprint density at radius 2 is 1.79 bits per heavy atom. The van der Waals surface area contributed by atoms with Gasteiger partial charge in [0.15, 0.2) is 0 Å². The number of allylic oxidation sites excluding steroid dienone is 1. The molecular weight excluding hydrogens is 230 g/mol. The van der Waals surface area contributed by atoms with Crippen LogP contribution in [-0.4, -0.2) is 6.54 Å².